The number of carbonyl (C=O) groups excluding carboxylic acids is 2. The first-order chi connectivity index (χ1) is 12.9. The van der Waals surface area contributed by atoms with Crippen LogP contribution in [0.5, 0.6) is 0 Å². The molecule has 0 bridgehead atoms. The first-order valence-electron chi connectivity index (χ1n) is 9.96. The molecule has 146 valence electrons. The summed E-state index contributed by atoms with van der Waals surface area (Å²) < 4.78 is 5.64. The number of hydrogen-bond acceptors (Lipinski definition) is 3. The monoisotopic (exact) mass is 371 g/mol. The van der Waals surface area contributed by atoms with E-state index in [1.165, 1.54) is 11.1 Å². The zero-order valence-electron chi connectivity index (χ0n) is 16.3. The van der Waals surface area contributed by atoms with Gasteiger partial charge in [0.2, 0.25) is 0 Å². The van der Waals surface area contributed by atoms with Gasteiger partial charge < -0.3 is 19.9 Å². The van der Waals surface area contributed by atoms with Crippen LogP contribution in [-0.4, -0.2) is 59.7 Å². The third kappa shape index (κ3) is 3.75. The van der Waals surface area contributed by atoms with Gasteiger partial charge in [0.15, 0.2) is 0 Å². The van der Waals surface area contributed by atoms with Gasteiger partial charge in [0.25, 0.3) is 0 Å². The van der Waals surface area contributed by atoms with Gasteiger partial charge in [-0.3, -0.25) is 0 Å². The second kappa shape index (κ2) is 6.73. The average Bonchev–Trinajstić information content (AvgIpc) is 3.35. The lowest BCUT2D eigenvalue weighted by Crippen LogP contribution is -2.48. The number of nitrogens with one attached hydrogen (secondary N) is 1. The van der Waals surface area contributed by atoms with Crippen LogP contribution >= 0.6 is 0 Å². The lowest BCUT2D eigenvalue weighted by molar-refractivity contribution is 0.0453. The smallest absolute Gasteiger partial charge is 0.410 e. The minimum Gasteiger partial charge on any atom is -0.441 e. The van der Waals surface area contributed by atoms with Crippen LogP contribution in [0.2, 0.25) is 0 Å². The van der Waals surface area contributed by atoms with Crippen LogP contribution in [0.25, 0.3) is 0 Å². The quantitative estimate of drug-likeness (QED) is 0.888. The summed E-state index contributed by atoms with van der Waals surface area (Å²) in [5.74, 6) is 0. The van der Waals surface area contributed by atoms with E-state index >= 15 is 0 Å². The molecule has 3 aliphatic rings. The summed E-state index contributed by atoms with van der Waals surface area (Å²) in [6.45, 7) is 4.10. The molecule has 0 radical (unpaired) electrons. The number of aryl methyl sites for hydroxylation is 1. The summed E-state index contributed by atoms with van der Waals surface area (Å²) in [4.78, 5) is 28.2. The van der Waals surface area contributed by atoms with Crippen LogP contribution in [0.15, 0.2) is 24.3 Å². The van der Waals surface area contributed by atoms with Crippen molar-refractivity contribution in [2.75, 3.05) is 26.7 Å². The van der Waals surface area contributed by atoms with E-state index in [0.717, 1.165) is 38.6 Å². The Kier molecular flexibility index (Phi) is 4.52. The Hall–Kier alpha value is -2.24. The third-order valence-corrected chi connectivity index (χ3v) is 6.34. The van der Waals surface area contributed by atoms with Crippen molar-refractivity contribution in [3.8, 4) is 0 Å². The molecule has 1 atom stereocenters. The van der Waals surface area contributed by atoms with Crippen LogP contribution in [0.3, 0.4) is 0 Å². The number of amides is 3. The molecular formula is C21H29N3O3. The molecule has 3 amide bonds. The molecule has 2 aliphatic heterocycles. The molecule has 2 heterocycles. The van der Waals surface area contributed by atoms with Crippen molar-refractivity contribution in [3.05, 3.63) is 35.4 Å². The SMILES string of the molecule is Cc1ccccc1CC1(NC(=O)N2CCCC3(CC2)CN(C)C(=O)O3)CC1. The van der Waals surface area contributed by atoms with E-state index in [0.29, 0.717) is 19.5 Å². The average molecular weight is 371 g/mol. The highest BCUT2D eigenvalue weighted by Gasteiger charge is 2.47. The van der Waals surface area contributed by atoms with Crippen molar-refractivity contribution in [1.29, 1.82) is 0 Å². The minimum absolute atomic E-state index is 0.0239. The number of carbonyl (C=O) groups is 2. The summed E-state index contributed by atoms with van der Waals surface area (Å²) >= 11 is 0. The van der Waals surface area contributed by atoms with E-state index in [-0.39, 0.29) is 17.7 Å². The van der Waals surface area contributed by atoms with Crippen molar-refractivity contribution in [1.82, 2.24) is 15.1 Å². The van der Waals surface area contributed by atoms with Crippen LogP contribution < -0.4 is 5.32 Å². The summed E-state index contributed by atoms with van der Waals surface area (Å²) in [5, 5.41) is 3.31. The topological polar surface area (TPSA) is 61.9 Å². The fraction of sp³-hybridized carbons (Fsp3) is 0.619. The number of nitrogens with zero attached hydrogens (tertiary/aromatic N) is 2. The Morgan fingerprint density at radius 1 is 1.19 bits per heavy atom. The molecule has 27 heavy (non-hydrogen) atoms. The lowest BCUT2D eigenvalue weighted by Gasteiger charge is -2.27. The Morgan fingerprint density at radius 2 is 1.96 bits per heavy atom. The second-order valence-corrected chi connectivity index (χ2v) is 8.56. The molecule has 1 saturated carbocycles. The number of benzene rings is 1. The molecule has 1 aromatic carbocycles. The summed E-state index contributed by atoms with van der Waals surface area (Å²) in [6, 6.07) is 8.42. The fourth-order valence-electron chi connectivity index (χ4n) is 4.40. The van der Waals surface area contributed by atoms with Crippen molar-refractivity contribution >= 4 is 12.1 Å². The number of rotatable bonds is 3. The first-order valence-corrected chi connectivity index (χ1v) is 9.96. The van der Waals surface area contributed by atoms with Gasteiger partial charge in [-0.2, -0.15) is 0 Å². The molecule has 6 heteroatoms. The predicted octanol–water partition coefficient (Wildman–Crippen LogP) is 3.09. The van der Waals surface area contributed by atoms with E-state index in [9.17, 15) is 9.59 Å². The number of likely N-dealkylation sites (tertiary alicyclic amines) is 1. The normalized spacial score (nSPS) is 26.7. The Bertz CT molecular complexity index is 746. The van der Waals surface area contributed by atoms with Crippen LogP contribution in [0.4, 0.5) is 9.59 Å². The first kappa shape index (κ1) is 18.1. The minimum atomic E-state index is -0.417. The third-order valence-electron chi connectivity index (χ3n) is 6.34. The van der Waals surface area contributed by atoms with Gasteiger partial charge in [0.05, 0.1) is 6.54 Å². The van der Waals surface area contributed by atoms with E-state index in [1.54, 1.807) is 11.9 Å². The predicted molar refractivity (Wildman–Crippen MR) is 103 cm³/mol. The largest absolute Gasteiger partial charge is 0.441 e. The van der Waals surface area contributed by atoms with Crippen molar-refractivity contribution in [2.24, 2.45) is 0 Å². The molecule has 1 spiro atoms. The van der Waals surface area contributed by atoms with Crippen LogP contribution in [0, 0.1) is 6.92 Å². The zero-order chi connectivity index (χ0) is 19.1. The Morgan fingerprint density at radius 3 is 2.63 bits per heavy atom. The number of ether oxygens (including phenoxy) is 1. The molecule has 3 fully saturated rings. The van der Waals surface area contributed by atoms with E-state index in [2.05, 4.69) is 36.5 Å². The van der Waals surface area contributed by atoms with Crippen LogP contribution in [-0.2, 0) is 11.2 Å². The van der Waals surface area contributed by atoms with Gasteiger partial charge in [-0.25, -0.2) is 9.59 Å². The summed E-state index contributed by atoms with van der Waals surface area (Å²) in [5.41, 5.74) is 2.08. The van der Waals surface area contributed by atoms with Gasteiger partial charge in [0.1, 0.15) is 5.60 Å². The Labute approximate surface area is 160 Å². The van der Waals surface area contributed by atoms with Crippen molar-refractivity contribution in [2.45, 2.75) is 56.6 Å². The lowest BCUT2D eigenvalue weighted by atomic mass is 9.95. The molecule has 1 aromatic rings. The second-order valence-electron chi connectivity index (χ2n) is 8.56. The van der Waals surface area contributed by atoms with E-state index in [4.69, 9.17) is 4.74 Å². The summed E-state index contributed by atoms with van der Waals surface area (Å²) in [6.07, 6.45) is 5.11. The van der Waals surface area contributed by atoms with E-state index in [1.807, 2.05) is 4.90 Å². The number of hydrogen-bond donors (Lipinski definition) is 1. The van der Waals surface area contributed by atoms with Crippen molar-refractivity contribution < 1.29 is 14.3 Å². The molecule has 6 nitrogen and oxygen atoms in total. The maximum Gasteiger partial charge on any atom is 0.410 e. The molecule has 1 N–H and O–H groups in total. The zero-order valence-corrected chi connectivity index (χ0v) is 16.3. The highest BCUT2D eigenvalue weighted by Crippen LogP contribution is 2.40. The highest BCUT2D eigenvalue weighted by atomic mass is 16.6. The maximum atomic E-state index is 12.9. The van der Waals surface area contributed by atoms with Gasteiger partial charge >= 0.3 is 12.1 Å². The van der Waals surface area contributed by atoms with E-state index < -0.39 is 5.60 Å². The highest BCUT2D eigenvalue weighted by molar-refractivity contribution is 5.76. The molecule has 0 aromatic heterocycles. The fourth-order valence-corrected chi connectivity index (χ4v) is 4.40. The van der Waals surface area contributed by atoms with Crippen molar-refractivity contribution in [3.63, 3.8) is 0 Å². The molecular weight excluding hydrogens is 342 g/mol. The number of urea groups is 1. The molecule has 2 saturated heterocycles. The van der Waals surface area contributed by atoms with Gasteiger partial charge in [0, 0.05) is 32.1 Å². The molecule has 1 unspecified atom stereocenters. The van der Waals surface area contributed by atoms with Gasteiger partial charge in [-0.1, -0.05) is 24.3 Å². The van der Waals surface area contributed by atoms with Crippen LogP contribution in [0.1, 0.15) is 43.2 Å². The molecule has 4 rings (SSSR count). The number of likely N-dealkylation sites (N-methyl/N-ethyl adjacent to an activating group) is 1. The molecule has 1 aliphatic carbocycles. The summed E-state index contributed by atoms with van der Waals surface area (Å²) in [7, 11) is 1.77. The van der Waals surface area contributed by atoms with Gasteiger partial charge in [-0.05, 0) is 50.2 Å². The van der Waals surface area contributed by atoms with Gasteiger partial charge in [-0.15, -0.1) is 0 Å². The standard InChI is InChI=1S/C21H29N3O3/c1-16-6-3-4-7-17(16)14-20(9-10-20)22-18(25)24-12-5-8-21(11-13-24)15-23(2)19(26)27-21/h3-4,6-7H,5,8-15H2,1-2H3,(H,22,25). The Balaban J connectivity index is 1.36. The maximum absolute atomic E-state index is 12.9.